The zero-order valence-electron chi connectivity index (χ0n) is 11.3. The van der Waals surface area contributed by atoms with E-state index in [2.05, 4.69) is 4.72 Å². The normalized spacial score (nSPS) is 11.1. The van der Waals surface area contributed by atoms with Gasteiger partial charge in [-0.3, -0.25) is 9.52 Å². The predicted molar refractivity (Wildman–Crippen MR) is 78.6 cm³/mol. The number of rotatable bonds is 4. The minimum absolute atomic E-state index is 0.222. The Morgan fingerprint density at radius 2 is 1.60 bits per heavy atom. The second-order valence-corrected chi connectivity index (χ2v) is 6.27. The number of nitrogens with one attached hydrogen (secondary N) is 1. The van der Waals surface area contributed by atoms with Gasteiger partial charge in [0.1, 0.15) is 6.29 Å². The molecule has 0 aliphatic carbocycles. The molecular formula is C15H15NO3S. The molecule has 2 aromatic carbocycles. The third-order valence-electron chi connectivity index (χ3n) is 3.09. The molecule has 0 aromatic heterocycles. The number of benzene rings is 2. The highest BCUT2D eigenvalue weighted by atomic mass is 32.2. The van der Waals surface area contributed by atoms with Crippen LogP contribution in [0.4, 0.5) is 5.69 Å². The van der Waals surface area contributed by atoms with Gasteiger partial charge < -0.3 is 0 Å². The molecule has 0 fully saturated rings. The van der Waals surface area contributed by atoms with Gasteiger partial charge in [-0.15, -0.1) is 0 Å². The summed E-state index contributed by atoms with van der Waals surface area (Å²) < 4.78 is 27.0. The lowest BCUT2D eigenvalue weighted by atomic mass is 10.1. The van der Waals surface area contributed by atoms with Crippen LogP contribution in [0.15, 0.2) is 47.4 Å². The lowest BCUT2D eigenvalue weighted by Gasteiger charge is -2.09. The minimum Gasteiger partial charge on any atom is -0.298 e. The second-order valence-electron chi connectivity index (χ2n) is 4.59. The zero-order chi connectivity index (χ0) is 14.8. The number of aryl methyl sites for hydroxylation is 2. The molecule has 0 bridgehead atoms. The van der Waals surface area contributed by atoms with E-state index in [-0.39, 0.29) is 4.90 Å². The van der Waals surface area contributed by atoms with E-state index in [4.69, 9.17) is 0 Å². The van der Waals surface area contributed by atoms with Crippen molar-refractivity contribution in [2.24, 2.45) is 0 Å². The van der Waals surface area contributed by atoms with E-state index in [1.54, 1.807) is 42.5 Å². The van der Waals surface area contributed by atoms with Crippen molar-refractivity contribution < 1.29 is 13.2 Å². The summed E-state index contributed by atoms with van der Waals surface area (Å²) in [5, 5.41) is 0. The van der Waals surface area contributed by atoms with Crippen LogP contribution in [0.2, 0.25) is 0 Å². The van der Waals surface area contributed by atoms with Gasteiger partial charge in [0.2, 0.25) is 0 Å². The molecule has 2 rings (SSSR count). The van der Waals surface area contributed by atoms with Gasteiger partial charge in [-0.05, 0) is 61.4 Å². The third kappa shape index (κ3) is 3.05. The number of sulfonamides is 1. The molecule has 20 heavy (non-hydrogen) atoms. The van der Waals surface area contributed by atoms with Crippen molar-refractivity contribution in [1.29, 1.82) is 0 Å². The van der Waals surface area contributed by atoms with E-state index in [0.29, 0.717) is 17.5 Å². The Kier molecular flexibility index (Phi) is 3.90. The summed E-state index contributed by atoms with van der Waals surface area (Å²) in [7, 11) is -3.61. The van der Waals surface area contributed by atoms with Gasteiger partial charge in [0.05, 0.1) is 4.90 Å². The molecule has 0 aliphatic heterocycles. The Bertz CT molecular complexity index is 734. The fraction of sp³-hybridized carbons (Fsp3) is 0.133. The molecule has 0 aliphatic rings. The largest absolute Gasteiger partial charge is 0.298 e. The topological polar surface area (TPSA) is 63.2 Å². The van der Waals surface area contributed by atoms with Crippen LogP contribution < -0.4 is 4.72 Å². The Balaban J connectivity index is 2.30. The first-order chi connectivity index (χ1) is 9.42. The minimum atomic E-state index is -3.61. The van der Waals surface area contributed by atoms with E-state index >= 15 is 0 Å². The van der Waals surface area contributed by atoms with Gasteiger partial charge in [-0.25, -0.2) is 8.42 Å². The highest BCUT2D eigenvalue weighted by Gasteiger charge is 2.14. The maximum Gasteiger partial charge on any atom is 0.261 e. The molecule has 0 unspecified atom stereocenters. The van der Waals surface area contributed by atoms with E-state index in [1.807, 2.05) is 13.8 Å². The van der Waals surface area contributed by atoms with E-state index in [1.165, 1.54) is 0 Å². The zero-order valence-corrected chi connectivity index (χ0v) is 12.1. The van der Waals surface area contributed by atoms with E-state index < -0.39 is 10.0 Å². The van der Waals surface area contributed by atoms with Gasteiger partial charge in [0.25, 0.3) is 10.0 Å². The van der Waals surface area contributed by atoms with Gasteiger partial charge in [0, 0.05) is 11.3 Å². The summed E-state index contributed by atoms with van der Waals surface area (Å²) in [6.45, 7) is 3.80. The van der Waals surface area contributed by atoms with Crippen LogP contribution >= 0.6 is 0 Å². The number of anilines is 1. The van der Waals surface area contributed by atoms with Crippen LogP contribution in [0.3, 0.4) is 0 Å². The fourth-order valence-electron chi connectivity index (χ4n) is 1.72. The van der Waals surface area contributed by atoms with Crippen molar-refractivity contribution in [3.8, 4) is 0 Å². The lowest BCUT2D eigenvalue weighted by molar-refractivity contribution is 0.112. The average Bonchev–Trinajstić information content (AvgIpc) is 2.42. The Morgan fingerprint density at radius 1 is 0.950 bits per heavy atom. The number of hydrogen-bond acceptors (Lipinski definition) is 3. The predicted octanol–water partition coefficient (Wildman–Crippen LogP) is 2.92. The summed E-state index contributed by atoms with van der Waals surface area (Å²) in [6.07, 6.45) is 0.710. The summed E-state index contributed by atoms with van der Waals surface area (Å²) in [6, 6.07) is 11.2. The maximum atomic E-state index is 12.2. The van der Waals surface area contributed by atoms with Crippen LogP contribution in [0, 0.1) is 13.8 Å². The highest BCUT2D eigenvalue weighted by Crippen LogP contribution is 2.19. The number of aldehydes is 1. The fourth-order valence-corrected chi connectivity index (χ4v) is 2.87. The van der Waals surface area contributed by atoms with Gasteiger partial charge in [-0.1, -0.05) is 6.07 Å². The molecule has 1 N–H and O–H groups in total. The first-order valence-corrected chi connectivity index (χ1v) is 7.56. The van der Waals surface area contributed by atoms with Crippen molar-refractivity contribution in [2.75, 3.05) is 4.72 Å². The highest BCUT2D eigenvalue weighted by molar-refractivity contribution is 7.92. The first kappa shape index (κ1) is 14.3. The van der Waals surface area contributed by atoms with Crippen LogP contribution in [-0.2, 0) is 10.0 Å². The van der Waals surface area contributed by atoms with Crippen LogP contribution in [0.5, 0.6) is 0 Å². The van der Waals surface area contributed by atoms with E-state index in [9.17, 15) is 13.2 Å². The van der Waals surface area contributed by atoms with Crippen molar-refractivity contribution in [2.45, 2.75) is 18.7 Å². The molecular weight excluding hydrogens is 274 g/mol. The smallest absolute Gasteiger partial charge is 0.261 e. The molecule has 0 radical (unpaired) electrons. The van der Waals surface area contributed by atoms with Crippen LogP contribution in [0.1, 0.15) is 21.5 Å². The van der Waals surface area contributed by atoms with Crippen molar-refractivity contribution in [3.05, 3.63) is 59.2 Å². The Morgan fingerprint density at radius 3 is 2.15 bits per heavy atom. The average molecular weight is 289 g/mol. The van der Waals surface area contributed by atoms with E-state index in [0.717, 1.165) is 11.1 Å². The molecule has 2 aromatic rings. The van der Waals surface area contributed by atoms with Gasteiger partial charge in [-0.2, -0.15) is 0 Å². The summed E-state index contributed by atoms with van der Waals surface area (Å²) >= 11 is 0. The SMILES string of the molecule is Cc1ccc(S(=O)(=O)Nc2ccc(C=O)cc2)cc1C. The van der Waals surface area contributed by atoms with Crippen molar-refractivity contribution in [1.82, 2.24) is 0 Å². The van der Waals surface area contributed by atoms with Crippen molar-refractivity contribution >= 4 is 22.0 Å². The van der Waals surface area contributed by atoms with Gasteiger partial charge in [0.15, 0.2) is 0 Å². The Hall–Kier alpha value is -2.14. The molecule has 5 heteroatoms. The Labute approximate surface area is 118 Å². The molecule has 0 saturated heterocycles. The quantitative estimate of drug-likeness (QED) is 0.880. The molecule has 104 valence electrons. The molecule has 0 atom stereocenters. The molecule has 0 saturated carbocycles. The first-order valence-electron chi connectivity index (χ1n) is 6.08. The number of carbonyl (C=O) groups is 1. The number of carbonyl (C=O) groups excluding carboxylic acids is 1. The molecule has 0 amide bonds. The number of hydrogen-bond donors (Lipinski definition) is 1. The molecule has 4 nitrogen and oxygen atoms in total. The monoisotopic (exact) mass is 289 g/mol. The van der Waals surface area contributed by atoms with Crippen LogP contribution in [-0.4, -0.2) is 14.7 Å². The summed E-state index contributed by atoms with van der Waals surface area (Å²) in [5.74, 6) is 0. The second kappa shape index (κ2) is 5.46. The van der Waals surface area contributed by atoms with Gasteiger partial charge >= 0.3 is 0 Å². The molecule has 0 heterocycles. The third-order valence-corrected chi connectivity index (χ3v) is 4.47. The van der Waals surface area contributed by atoms with Crippen LogP contribution in [0.25, 0.3) is 0 Å². The summed E-state index contributed by atoms with van der Waals surface area (Å²) in [4.78, 5) is 10.8. The molecule has 0 spiro atoms. The standard InChI is InChI=1S/C15H15NO3S/c1-11-3-8-15(9-12(11)2)20(18,19)16-14-6-4-13(10-17)5-7-14/h3-10,16H,1-2H3. The lowest BCUT2D eigenvalue weighted by Crippen LogP contribution is -2.13. The van der Waals surface area contributed by atoms with Crippen molar-refractivity contribution in [3.63, 3.8) is 0 Å². The maximum absolute atomic E-state index is 12.2. The summed E-state index contributed by atoms with van der Waals surface area (Å²) in [5.41, 5.74) is 2.89.